The molecule has 1 atom stereocenters. The quantitative estimate of drug-likeness (QED) is 0.849. The molecular weight excluding hydrogens is 269 g/mol. The smallest absolute Gasteiger partial charge is 0.243 e. The number of halogens is 1. The van der Waals surface area contributed by atoms with Gasteiger partial charge in [0, 0.05) is 19.0 Å². The second kappa shape index (κ2) is 5.38. The molecule has 6 heteroatoms. The number of Topliss-reactive ketones (excluding diaryl/α,β-unsaturated/α-hetero) is 1. The Balaban J connectivity index is 2.28. The molecule has 2 rings (SSSR count). The van der Waals surface area contributed by atoms with Crippen LogP contribution in [0.4, 0.5) is 4.39 Å². The molecule has 1 aliphatic rings. The van der Waals surface area contributed by atoms with Crippen LogP contribution in [0.15, 0.2) is 29.2 Å². The third-order valence-corrected chi connectivity index (χ3v) is 5.23. The summed E-state index contributed by atoms with van der Waals surface area (Å²) in [4.78, 5) is 11.3. The average molecular weight is 285 g/mol. The molecule has 0 radical (unpaired) electrons. The van der Waals surface area contributed by atoms with Crippen molar-refractivity contribution < 1.29 is 17.6 Å². The minimum absolute atomic E-state index is 0.0220. The Hall–Kier alpha value is -1.27. The molecule has 0 amide bonds. The third kappa shape index (κ3) is 3.01. The number of ketones is 1. The zero-order valence-corrected chi connectivity index (χ0v) is 11.5. The molecule has 1 saturated heterocycles. The molecule has 0 aliphatic carbocycles. The summed E-state index contributed by atoms with van der Waals surface area (Å²) in [6, 6.07) is 4.50. The Morgan fingerprint density at radius 1 is 1.37 bits per heavy atom. The summed E-state index contributed by atoms with van der Waals surface area (Å²) in [7, 11) is -3.64. The van der Waals surface area contributed by atoms with Crippen molar-refractivity contribution >= 4 is 15.8 Å². The highest BCUT2D eigenvalue weighted by Gasteiger charge is 2.35. The third-order valence-electron chi connectivity index (χ3n) is 3.27. The van der Waals surface area contributed by atoms with Gasteiger partial charge in [0.05, 0.1) is 4.90 Å². The molecule has 104 valence electrons. The van der Waals surface area contributed by atoms with E-state index in [1.165, 1.54) is 23.4 Å². The van der Waals surface area contributed by atoms with Crippen molar-refractivity contribution in [1.82, 2.24) is 4.31 Å². The van der Waals surface area contributed by atoms with Gasteiger partial charge in [0.1, 0.15) is 11.6 Å². The molecule has 0 N–H and O–H groups in total. The van der Waals surface area contributed by atoms with E-state index in [1.54, 1.807) is 0 Å². The van der Waals surface area contributed by atoms with Crippen molar-refractivity contribution in [2.24, 2.45) is 0 Å². The number of hydrogen-bond donors (Lipinski definition) is 0. The van der Waals surface area contributed by atoms with Crippen LogP contribution in [-0.2, 0) is 14.8 Å². The molecule has 19 heavy (non-hydrogen) atoms. The largest absolute Gasteiger partial charge is 0.300 e. The number of nitrogens with zero attached hydrogens (tertiary/aromatic N) is 1. The number of carbonyl (C=O) groups is 1. The van der Waals surface area contributed by atoms with E-state index in [4.69, 9.17) is 0 Å². The lowest BCUT2D eigenvalue weighted by molar-refractivity contribution is -0.117. The van der Waals surface area contributed by atoms with Gasteiger partial charge >= 0.3 is 0 Å². The van der Waals surface area contributed by atoms with Crippen molar-refractivity contribution in [3.05, 3.63) is 30.1 Å². The van der Waals surface area contributed by atoms with Crippen molar-refractivity contribution in [3.63, 3.8) is 0 Å². The maximum Gasteiger partial charge on any atom is 0.243 e. The predicted molar refractivity (Wildman–Crippen MR) is 68.6 cm³/mol. The molecule has 4 nitrogen and oxygen atoms in total. The number of sulfonamides is 1. The summed E-state index contributed by atoms with van der Waals surface area (Å²) in [6.07, 6.45) is 1.68. The normalized spacial score (nSPS) is 20.6. The van der Waals surface area contributed by atoms with Crippen LogP contribution in [0.1, 0.15) is 26.2 Å². The molecule has 1 aromatic carbocycles. The topological polar surface area (TPSA) is 54.5 Å². The first kappa shape index (κ1) is 14.1. The molecule has 0 aromatic heterocycles. The number of rotatable bonds is 4. The maximum absolute atomic E-state index is 12.8. The molecule has 0 saturated carbocycles. The van der Waals surface area contributed by atoms with Gasteiger partial charge in [-0.1, -0.05) is 0 Å². The minimum atomic E-state index is -3.64. The number of hydrogen-bond acceptors (Lipinski definition) is 3. The standard InChI is InChI=1S/C13H16FNO3S/c1-10(16)9-12-3-2-8-15(12)19(17,18)13-6-4-11(14)5-7-13/h4-7,12H,2-3,8-9H2,1H3. The van der Waals surface area contributed by atoms with E-state index in [2.05, 4.69) is 0 Å². The van der Waals surface area contributed by atoms with Crippen LogP contribution in [0.2, 0.25) is 0 Å². The van der Waals surface area contributed by atoms with Gasteiger partial charge in [-0.15, -0.1) is 0 Å². The fourth-order valence-corrected chi connectivity index (χ4v) is 4.10. The molecule has 0 spiro atoms. The van der Waals surface area contributed by atoms with Gasteiger partial charge in [-0.2, -0.15) is 4.31 Å². The fourth-order valence-electron chi connectivity index (χ4n) is 2.40. The van der Waals surface area contributed by atoms with Gasteiger partial charge in [-0.25, -0.2) is 12.8 Å². The lowest BCUT2D eigenvalue weighted by Crippen LogP contribution is -2.36. The Morgan fingerprint density at radius 2 is 2.00 bits per heavy atom. The van der Waals surface area contributed by atoms with Crippen LogP contribution in [0.3, 0.4) is 0 Å². The highest BCUT2D eigenvalue weighted by Crippen LogP contribution is 2.28. The second-order valence-electron chi connectivity index (χ2n) is 4.77. The first-order valence-electron chi connectivity index (χ1n) is 6.18. The van der Waals surface area contributed by atoms with Crippen LogP contribution < -0.4 is 0 Å². The van der Waals surface area contributed by atoms with E-state index in [1.807, 2.05) is 0 Å². The highest BCUT2D eigenvalue weighted by molar-refractivity contribution is 7.89. The summed E-state index contributed by atoms with van der Waals surface area (Å²) in [5.41, 5.74) is 0. The van der Waals surface area contributed by atoms with E-state index in [0.717, 1.165) is 18.6 Å². The zero-order valence-electron chi connectivity index (χ0n) is 10.7. The fraction of sp³-hybridized carbons (Fsp3) is 0.462. The first-order valence-corrected chi connectivity index (χ1v) is 7.62. The first-order chi connectivity index (χ1) is 8.91. The van der Waals surface area contributed by atoms with Crippen molar-refractivity contribution in [3.8, 4) is 0 Å². The number of carbonyl (C=O) groups excluding carboxylic acids is 1. The minimum Gasteiger partial charge on any atom is -0.300 e. The van der Waals surface area contributed by atoms with Crippen molar-refractivity contribution in [2.45, 2.75) is 37.1 Å². The number of benzene rings is 1. The summed E-state index contributed by atoms with van der Waals surface area (Å²) in [5.74, 6) is -0.494. The van der Waals surface area contributed by atoms with E-state index in [0.29, 0.717) is 13.0 Å². The average Bonchev–Trinajstić information content (AvgIpc) is 2.77. The SMILES string of the molecule is CC(=O)CC1CCCN1S(=O)(=O)c1ccc(F)cc1. The van der Waals surface area contributed by atoms with Gasteiger partial charge in [-0.3, -0.25) is 4.79 Å². The lowest BCUT2D eigenvalue weighted by Gasteiger charge is -2.23. The second-order valence-corrected chi connectivity index (χ2v) is 6.66. The van der Waals surface area contributed by atoms with Gasteiger partial charge in [0.2, 0.25) is 10.0 Å². The molecule has 1 aliphatic heterocycles. The molecule has 1 aromatic rings. The Bertz CT molecular complexity index is 568. The van der Waals surface area contributed by atoms with Crippen LogP contribution in [-0.4, -0.2) is 31.1 Å². The highest BCUT2D eigenvalue weighted by atomic mass is 32.2. The van der Waals surface area contributed by atoms with Gasteiger partial charge in [0.25, 0.3) is 0 Å². The van der Waals surface area contributed by atoms with Gasteiger partial charge in [0.15, 0.2) is 0 Å². The summed E-state index contributed by atoms with van der Waals surface area (Å²) in [5, 5.41) is 0. The summed E-state index contributed by atoms with van der Waals surface area (Å²) in [6.45, 7) is 1.87. The maximum atomic E-state index is 12.8. The monoisotopic (exact) mass is 285 g/mol. The van der Waals surface area contributed by atoms with Crippen LogP contribution in [0.25, 0.3) is 0 Å². The lowest BCUT2D eigenvalue weighted by atomic mass is 10.1. The molecule has 1 unspecified atom stereocenters. The molecule has 1 fully saturated rings. The van der Waals surface area contributed by atoms with E-state index in [9.17, 15) is 17.6 Å². The van der Waals surface area contributed by atoms with Gasteiger partial charge in [-0.05, 0) is 44.0 Å². The molecule has 1 heterocycles. The predicted octanol–water partition coefficient (Wildman–Crippen LogP) is 1.96. The Kier molecular flexibility index (Phi) is 4.01. The molecular formula is C13H16FNO3S. The van der Waals surface area contributed by atoms with E-state index < -0.39 is 15.8 Å². The summed E-state index contributed by atoms with van der Waals surface area (Å²) >= 11 is 0. The van der Waals surface area contributed by atoms with Crippen molar-refractivity contribution in [1.29, 1.82) is 0 Å². The molecule has 0 bridgehead atoms. The van der Waals surface area contributed by atoms with E-state index in [-0.39, 0.29) is 23.1 Å². The van der Waals surface area contributed by atoms with E-state index >= 15 is 0 Å². The van der Waals surface area contributed by atoms with Crippen molar-refractivity contribution in [2.75, 3.05) is 6.54 Å². The van der Waals surface area contributed by atoms with Gasteiger partial charge < -0.3 is 0 Å². The summed E-state index contributed by atoms with van der Waals surface area (Å²) < 4.78 is 39.1. The van der Waals surface area contributed by atoms with Crippen LogP contribution in [0, 0.1) is 5.82 Å². The zero-order chi connectivity index (χ0) is 14.0. The van der Waals surface area contributed by atoms with Crippen LogP contribution in [0.5, 0.6) is 0 Å². The van der Waals surface area contributed by atoms with Crippen LogP contribution >= 0.6 is 0 Å². The Morgan fingerprint density at radius 3 is 2.58 bits per heavy atom. The Labute approximate surface area is 112 Å².